The van der Waals surface area contributed by atoms with Gasteiger partial charge in [0.1, 0.15) is 5.58 Å². The van der Waals surface area contributed by atoms with E-state index in [-0.39, 0.29) is 33.8 Å². The quantitative estimate of drug-likeness (QED) is 0.163. The number of furan rings is 1. The first-order valence-electron chi connectivity index (χ1n) is 21.9. The molecule has 10 rings (SSSR count). The Morgan fingerprint density at radius 3 is 1.66 bits per heavy atom. The van der Waals surface area contributed by atoms with Crippen molar-refractivity contribution in [2.24, 2.45) is 0 Å². The van der Waals surface area contributed by atoms with Gasteiger partial charge in [0.2, 0.25) is 5.88 Å². The minimum atomic E-state index is 0.0000415. The van der Waals surface area contributed by atoms with Crippen LogP contribution >= 0.6 is 0 Å². The minimum Gasteiger partial charge on any atom is -0.440 e. The highest BCUT2D eigenvalue weighted by Gasteiger charge is 2.49. The lowest BCUT2D eigenvalue weighted by molar-refractivity contribution is 0.331. The van der Waals surface area contributed by atoms with Crippen molar-refractivity contribution in [2.45, 2.75) is 143 Å². The number of benzene rings is 5. The summed E-state index contributed by atoms with van der Waals surface area (Å²) in [5.41, 5.74) is 21.5. The Hall–Kier alpha value is -4.70. The van der Waals surface area contributed by atoms with Gasteiger partial charge < -0.3 is 9.32 Å². The van der Waals surface area contributed by atoms with Crippen LogP contribution in [0.5, 0.6) is 0 Å². The summed E-state index contributed by atoms with van der Waals surface area (Å²) in [5.74, 6) is 0.935. The van der Waals surface area contributed by atoms with E-state index >= 15 is 0 Å². The molecule has 5 aromatic carbocycles. The standard InChI is InChI=1S/C54H61BN2O/c1-32-26-44-48-45(27-32)57(42-30-39-37(28-33(42)2)51(6,7)22-24-53(39,10)11)43-31-40-38(52(8,9)23-25-54(40,12)13)29-41(43)55(48)47-36-16-14-15-17-46(36)58-49(47)56(44)35-20-18-34(19-21-35)50(3,4)5/h14-21,26-31H,22-25H2,1-13H3. The van der Waals surface area contributed by atoms with Gasteiger partial charge in [-0.25, -0.2) is 0 Å². The molecule has 0 amide bonds. The van der Waals surface area contributed by atoms with Crippen LogP contribution in [-0.2, 0) is 27.1 Å². The lowest BCUT2D eigenvalue weighted by Crippen LogP contribution is -2.61. The van der Waals surface area contributed by atoms with Crippen LogP contribution in [0, 0.1) is 13.8 Å². The Bertz CT molecular complexity index is 2700. The Morgan fingerprint density at radius 2 is 1.07 bits per heavy atom. The van der Waals surface area contributed by atoms with Gasteiger partial charge in [-0.1, -0.05) is 119 Å². The van der Waals surface area contributed by atoms with E-state index in [1.54, 1.807) is 0 Å². The van der Waals surface area contributed by atoms with Crippen molar-refractivity contribution in [3.05, 3.63) is 124 Å². The Morgan fingerprint density at radius 1 is 0.552 bits per heavy atom. The monoisotopic (exact) mass is 764 g/mol. The number of hydrogen-bond donors (Lipinski definition) is 0. The van der Waals surface area contributed by atoms with Crippen LogP contribution in [0.2, 0.25) is 0 Å². The molecule has 4 aliphatic rings. The zero-order valence-corrected chi connectivity index (χ0v) is 37.3. The number of fused-ring (bicyclic) bond motifs is 8. The van der Waals surface area contributed by atoms with Crippen molar-refractivity contribution in [2.75, 3.05) is 9.80 Å². The molecule has 3 nitrogen and oxygen atoms in total. The van der Waals surface area contributed by atoms with Gasteiger partial charge in [-0.2, -0.15) is 0 Å². The number of aryl methyl sites for hydroxylation is 2. The van der Waals surface area contributed by atoms with E-state index in [1.165, 1.54) is 109 Å². The van der Waals surface area contributed by atoms with Crippen molar-refractivity contribution in [1.29, 1.82) is 0 Å². The van der Waals surface area contributed by atoms with Crippen LogP contribution in [0.4, 0.5) is 34.3 Å². The van der Waals surface area contributed by atoms with Gasteiger partial charge in [-0.3, -0.25) is 4.90 Å². The highest BCUT2D eigenvalue weighted by molar-refractivity contribution is 7.01. The molecule has 0 atom stereocenters. The number of rotatable bonds is 2. The summed E-state index contributed by atoms with van der Waals surface area (Å²) >= 11 is 0. The molecule has 0 bridgehead atoms. The molecule has 3 heterocycles. The Kier molecular flexibility index (Phi) is 7.74. The van der Waals surface area contributed by atoms with E-state index in [0.29, 0.717) is 0 Å². The highest BCUT2D eigenvalue weighted by Crippen LogP contribution is 2.53. The van der Waals surface area contributed by atoms with Crippen LogP contribution in [-0.4, -0.2) is 6.71 Å². The zero-order valence-electron chi connectivity index (χ0n) is 37.3. The van der Waals surface area contributed by atoms with Crippen molar-refractivity contribution in [3.63, 3.8) is 0 Å². The maximum Gasteiger partial charge on any atom is 0.257 e. The molecule has 58 heavy (non-hydrogen) atoms. The molecular formula is C54H61BN2O. The second-order valence-electron chi connectivity index (χ2n) is 22.1. The molecule has 4 heteroatoms. The summed E-state index contributed by atoms with van der Waals surface area (Å²) in [6.45, 7) is 31.2. The van der Waals surface area contributed by atoms with Crippen LogP contribution < -0.4 is 26.2 Å². The van der Waals surface area contributed by atoms with Gasteiger partial charge in [0.05, 0.1) is 0 Å². The molecule has 0 unspecified atom stereocenters. The molecule has 2 aliphatic carbocycles. The van der Waals surface area contributed by atoms with Gasteiger partial charge in [0.15, 0.2) is 0 Å². The molecule has 1 aromatic heterocycles. The third-order valence-electron chi connectivity index (χ3n) is 15.1. The number of anilines is 6. The van der Waals surface area contributed by atoms with Gasteiger partial charge in [0, 0.05) is 39.3 Å². The summed E-state index contributed by atoms with van der Waals surface area (Å²) in [4.78, 5) is 5.13. The predicted octanol–water partition coefficient (Wildman–Crippen LogP) is 13.1. The number of para-hydroxylation sites is 1. The summed E-state index contributed by atoms with van der Waals surface area (Å²) in [6.07, 6.45) is 4.74. The molecular weight excluding hydrogens is 703 g/mol. The molecule has 0 radical (unpaired) electrons. The third-order valence-corrected chi connectivity index (χ3v) is 15.1. The average Bonchev–Trinajstić information content (AvgIpc) is 3.54. The maximum absolute atomic E-state index is 7.10. The van der Waals surface area contributed by atoms with Crippen molar-refractivity contribution in [1.82, 2.24) is 0 Å². The van der Waals surface area contributed by atoms with E-state index < -0.39 is 0 Å². The van der Waals surface area contributed by atoms with Gasteiger partial charge in [0.25, 0.3) is 6.71 Å². The first-order chi connectivity index (χ1) is 27.2. The SMILES string of the molecule is Cc1cc2c3c(c1)N(c1ccc(C(C)(C)C)cc1)c1oc4ccccc4c1B3c1cc3c(cc1N2c1cc2c(cc1C)C(C)(C)CCC2(C)C)C(C)(C)CCC3(C)C. The molecule has 0 N–H and O–H groups in total. The van der Waals surface area contributed by atoms with Crippen LogP contribution in [0.25, 0.3) is 11.0 Å². The molecule has 2 aliphatic heterocycles. The van der Waals surface area contributed by atoms with E-state index in [9.17, 15) is 0 Å². The molecule has 0 spiro atoms. The van der Waals surface area contributed by atoms with Crippen molar-refractivity contribution in [3.8, 4) is 0 Å². The fourth-order valence-electron chi connectivity index (χ4n) is 11.2. The fourth-order valence-corrected chi connectivity index (χ4v) is 11.2. The largest absolute Gasteiger partial charge is 0.440 e. The van der Waals surface area contributed by atoms with Gasteiger partial charge in [-0.15, -0.1) is 0 Å². The molecule has 0 fully saturated rings. The number of hydrogen-bond acceptors (Lipinski definition) is 3. The molecule has 0 saturated heterocycles. The smallest absolute Gasteiger partial charge is 0.257 e. The molecule has 0 saturated carbocycles. The van der Waals surface area contributed by atoms with E-state index in [0.717, 1.165) is 17.2 Å². The molecule has 6 aromatic rings. The first-order valence-corrected chi connectivity index (χ1v) is 21.9. The van der Waals surface area contributed by atoms with Crippen LogP contribution in [0.1, 0.15) is 141 Å². The summed E-state index contributed by atoms with van der Waals surface area (Å²) in [7, 11) is 0. The fraction of sp³-hybridized carbons (Fsp3) is 0.407. The Labute approximate surface area is 347 Å². The number of nitrogens with zero attached hydrogens (tertiary/aromatic N) is 2. The first kappa shape index (κ1) is 37.6. The second-order valence-corrected chi connectivity index (χ2v) is 22.1. The topological polar surface area (TPSA) is 19.6 Å². The average molecular weight is 765 g/mol. The molecule has 296 valence electrons. The van der Waals surface area contributed by atoms with E-state index in [4.69, 9.17) is 4.42 Å². The Balaban J connectivity index is 1.34. The summed E-state index contributed by atoms with van der Waals surface area (Å²) < 4.78 is 7.10. The lowest BCUT2D eigenvalue weighted by atomic mass is 9.33. The van der Waals surface area contributed by atoms with Crippen LogP contribution in [0.3, 0.4) is 0 Å². The zero-order chi connectivity index (χ0) is 41.1. The van der Waals surface area contributed by atoms with Crippen molar-refractivity contribution >= 4 is 68.4 Å². The third kappa shape index (κ3) is 5.31. The van der Waals surface area contributed by atoms with Crippen LogP contribution in [0.15, 0.2) is 89.3 Å². The second kappa shape index (κ2) is 12.0. The van der Waals surface area contributed by atoms with Gasteiger partial charge in [-0.05, 0) is 159 Å². The highest BCUT2D eigenvalue weighted by atomic mass is 16.4. The summed E-state index contributed by atoms with van der Waals surface area (Å²) in [6, 6.07) is 33.3. The predicted molar refractivity (Wildman–Crippen MR) is 249 cm³/mol. The normalized spacial score (nSPS) is 19.3. The minimum absolute atomic E-state index is 0.0000415. The lowest BCUT2D eigenvalue weighted by Gasteiger charge is -2.47. The van der Waals surface area contributed by atoms with E-state index in [2.05, 4.69) is 185 Å². The van der Waals surface area contributed by atoms with Crippen molar-refractivity contribution < 1.29 is 4.42 Å². The van der Waals surface area contributed by atoms with E-state index in [1.807, 2.05) is 0 Å². The maximum atomic E-state index is 7.10. The van der Waals surface area contributed by atoms with Gasteiger partial charge >= 0.3 is 0 Å². The summed E-state index contributed by atoms with van der Waals surface area (Å²) in [5, 5.41) is 1.20.